The first kappa shape index (κ1) is 13.0. The number of nitro benzene ring substituents is 1. The monoisotopic (exact) mass is 264 g/mol. The number of nitrogens with one attached hydrogen (secondary N) is 1. The summed E-state index contributed by atoms with van der Waals surface area (Å²) in [5.74, 6) is -0.579. The number of aryl methyl sites for hydroxylation is 1. The van der Waals surface area contributed by atoms with Crippen LogP contribution in [-0.4, -0.2) is 21.2 Å². The summed E-state index contributed by atoms with van der Waals surface area (Å²) in [5.41, 5.74) is 0.423. The smallest absolute Gasteiger partial charge is 0.295 e. The Morgan fingerprint density at radius 2 is 2.32 bits per heavy atom. The number of anilines is 1. The molecule has 0 radical (unpaired) electrons. The average molecular weight is 264 g/mol. The Labute approximate surface area is 109 Å². The van der Waals surface area contributed by atoms with Gasteiger partial charge in [-0.2, -0.15) is 5.10 Å². The zero-order valence-electron chi connectivity index (χ0n) is 10.3. The number of hydrogen-bond acceptors (Lipinski definition) is 4. The van der Waals surface area contributed by atoms with Crippen LogP contribution in [0.5, 0.6) is 0 Å². The number of hydrogen-bond donors (Lipinski definition) is 1. The van der Waals surface area contributed by atoms with E-state index >= 15 is 0 Å². The molecule has 2 aromatic rings. The van der Waals surface area contributed by atoms with E-state index in [9.17, 15) is 14.5 Å². The summed E-state index contributed by atoms with van der Waals surface area (Å²) in [6.07, 6.45) is 3.45. The number of halogens is 1. The summed E-state index contributed by atoms with van der Waals surface area (Å²) >= 11 is 0. The topological polar surface area (TPSA) is 73.0 Å². The van der Waals surface area contributed by atoms with Crippen molar-refractivity contribution in [1.29, 1.82) is 0 Å². The van der Waals surface area contributed by atoms with Crippen molar-refractivity contribution in [3.63, 3.8) is 0 Å². The SMILES string of the molecule is Cc1cc(NCCn2cccn2)c([N+](=O)[O-])cc1F. The Kier molecular flexibility index (Phi) is 3.74. The standard InChI is InChI=1S/C12H13FN4O2/c1-9-7-11(12(17(18)19)8-10(9)13)14-4-6-16-5-2-3-15-16/h2-3,5,7-8,14H,4,6H2,1H3. The molecule has 0 unspecified atom stereocenters. The maximum absolute atomic E-state index is 13.3. The van der Waals surface area contributed by atoms with Crippen LogP contribution in [0.3, 0.4) is 0 Å². The van der Waals surface area contributed by atoms with Crippen LogP contribution in [0, 0.1) is 22.9 Å². The van der Waals surface area contributed by atoms with Crippen molar-refractivity contribution in [1.82, 2.24) is 9.78 Å². The number of nitro groups is 1. The highest BCUT2D eigenvalue weighted by atomic mass is 19.1. The lowest BCUT2D eigenvalue weighted by Gasteiger charge is -2.08. The van der Waals surface area contributed by atoms with E-state index in [1.807, 2.05) is 0 Å². The van der Waals surface area contributed by atoms with Crippen LogP contribution in [0.25, 0.3) is 0 Å². The van der Waals surface area contributed by atoms with Gasteiger partial charge in [-0.1, -0.05) is 0 Å². The van der Waals surface area contributed by atoms with Crippen molar-refractivity contribution in [2.75, 3.05) is 11.9 Å². The minimum atomic E-state index is -0.598. The highest BCUT2D eigenvalue weighted by Gasteiger charge is 2.16. The molecule has 1 N–H and O–H groups in total. The summed E-state index contributed by atoms with van der Waals surface area (Å²) in [6.45, 7) is 2.60. The third kappa shape index (κ3) is 3.06. The van der Waals surface area contributed by atoms with Gasteiger partial charge in [0.25, 0.3) is 5.69 Å². The first-order valence-electron chi connectivity index (χ1n) is 5.74. The van der Waals surface area contributed by atoms with Gasteiger partial charge in [0.2, 0.25) is 0 Å². The largest absolute Gasteiger partial charge is 0.378 e. The van der Waals surface area contributed by atoms with Gasteiger partial charge < -0.3 is 5.32 Å². The molecule has 7 heteroatoms. The molecular weight excluding hydrogens is 251 g/mol. The second-order valence-electron chi connectivity index (χ2n) is 4.07. The third-order valence-corrected chi connectivity index (χ3v) is 2.69. The number of nitrogens with zero attached hydrogens (tertiary/aromatic N) is 3. The maximum atomic E-state index is 13.3. The molecule has 1 aromatic heterocycles. The highest BCUT2D eigenvalue weighted by Crippen LogP contribution is 2.27. The molecule has 0 atom stereocenters. The second-order valence-corrected chi connectivity index (χ2v) is 4.07. The van der Waals surface area contributed by atoms with Crippen LogP contribution >= 0.6 is 0 Å². The summed E-state index contributed by atoms with van der Waals surface area (Å²) in [4.78, 5) is 10.3. The maximum Gasteiger partial charge on any atom is 0.295 e. The molecule has 6 nitrogen and oxygen atoms in total. The van der Waals surface area contributed by atoms with Crippen LogP contribution in [0.4, 0.5) is 15.8 Å². The van der Waals surface area contributed by atoms with E-state index in [-0.39, 0.29) is 5.69 Å². The van der Waals surface area contributed by atoms with Gasteiger partial charge in [-0.15, -0.1) is 0 Å². The Bertz CT molecular complexity index is 584. The minimum absolute atomic E-state index is 0.261. The van der Waals surface area contributed by atoms with Crippen LogP contribution in [0.1, 0.15) is 5.56 Å². The fraction of sp³-hybridized carbons (Fsp3) is 0.250. The zero-order chi connectivity index (χ0) is 13.8. The molecule has 0 bridgehead atoms. The molecule has 0 saturated heterocycles. The summed E-state index contributed by atoms with van der Waals surface area (Å²) < 4.78 is 15.0. The predicted octanol–water partition coefficient (Wildman–Crippen LogP) is 2.35. The molecule has 0 aliphatic carbocycles. The van der Waals surface area contributed by atoms with Crippen LogP contribution in [0.2, 0.25) is 0 Å². The van der Waals surface area contributed by atoms with Crippen LogP contribution < -0.4 is 5.32 Å². The Balaban J connectivity index is 2.10. The van der Waals surface area contributed by atoms with Gasteiger partial charge in [0.05, 0.1) is 17.5 Å². The van der Waals surface area contributed by atoms with E-state index in [4.69, 9.17) is 0 Å². The number of rotatable bonds is 5. The number of aromatic nitrogens is 2. The highest BCUT2D eigenvalue weighted by molar-refractivity contribution is 5.63. The molecule has 0 spiro atoms. The molecule has 0 aliphatic heterocycles. The van der Waals surface area contributed by atoms with Gasteiger partial charge in [-0.25, -0.2) is 4.39 Å². The van der Waals surface area contributed by atoms with Crippen molar-refractivity contribution in [2.45, 2.75) is 13.5 Å². The normalized spacial score (nSPS) is 10.4. The zero-order valence-corrected chi connectivity index (χ0v) is 10.3. The molecule has 0 fully saturated rings. The minimum Gasteiger partial charge on any atom is -0.378 e. The lowest BCUT2D eigenvalue weighted by atomic mass is 10.2. The first-order chi connectivity index (χ1) is 9.08. The predicted molar refractivity (Wildman–Crippen MR) is 68.5 cm³/mol. The molecule has 0 amide bonds. The lowest BCUT2D eigenvalue weighted by Crippen LogP contribution is -2.12. The average Bonchev–Trinajstić information content (AvgIpc) is 2.86. The molecule has 19 heavy (non-hydrogen) atoms. The van der Waals surface area contributed by atoms with E-state index in [0.29, 0.717) is 24.3 Å². The summed E-state index contributed by atoms with van der Waals surface area (Å²) in [6, 6.07) is 4.17. The second kappa shape index (κ2) is 5.47. The molecule has 1 heterocycles. The summed E-state index contributed by atoms with van der Waals surface area (Å²) in [7, 11) is 0. The van der Waals surface area contributed by atoms with Crippen molar-refractivity contribution >= 4 is 11.4 Å². The fourth-order valence-corrected chi connectivity index (χ4v) is 1.70. The van der Waals surface area contributed by atoms with Gasteiger partial charge in [0.15, 0.2) is 0 Å². The molecule has 100 valence electrons. The molecule has 2 rings (SSSR count). The summed E-state index contributed by atoms with van der Waals surface area (Å²) in [5, 5.41) is 17.8. The Hall–Kier alpha value is -2.44. The first-order valence-corrected chi connectivity index (χ1v) is 5.74. The van der Waals surface area contributed by atoms with E-state index in [0.717, 1.165) is 6.07 Å². The Morgan fingerprint density at radius 3 is 2.95 bits per heavy atom. The van der Waals surface area contributed by atoms with E-state index in [2.05, 4.69) is 10.4 Å². The third-order valence-electron chi connectivity index (χ3n) is 2.69. The van der Waals surface area contributed by atoms with Crippen LogP contribution in [-0.2, 0) is 6.54 Å². The molecule has 1 aromatic carbocycles. The van der Waals surface area contributed by atoms with Gasteiger partial charge >= 0.3 is 0 Å². The van der Waals surface area contributed by atoms with Crippen LogP contribution in [0.15, 0.2) is 30.6 Å². The van der Waals surface area contributed by atoms with Crippen molar-refractivity contribution in [3.8, 4) is 0 Å². The lowest BCUT2D eigenvalue weighted by molar-refractivity contribution is -0.384. The van der Waals surface area contributed by atoms with Gasteiger partial charge in [0, 0.05) is 18.9 Å². The van der Waals surface area contributed by atoms with E-state index in [1.54, 1.807) is 30.1 Å². The van der Waals surface area contributed by atoms with E-state index in [1.165, 1.54) is 6.07 Å². The van der Waals surface area contributed by atoms with Crippen molar-refractivity contribution in [3.05, 3.63) is 52.1 Å². The fourth-order valence-electron chi connectivity index (χ4n) is 1.70. The van der Waals surface area contributed by atoms with Crippen molar-refractivity contribution in [2.24, 2.45) is 0 Å². The van der Waals surface area contributed by atoms with Gasteiger partial charge in [-0.05, 0) is 24.6 Å². The van der Waals surface area contributed by atoms with Gasteiger partial charge in [-0.3, -0.25) is 14.8 Å². The van der Waals surface area contributed by atoms with E-state index < -0.39 is 10.7 Å². The molecular formula is C12H13FN4O2. The quantitative estimate of drug-likeness (QED) is 0.664. The number of benzene rings is 1. The van der Waals surface area contributed by atoms with Gasteiger partial charge in [0.1, 0.15) is 11.5 Å². The molecule has 0 aliphatic rings. The molecule has 0 saturated carbocycles. The van der Waals surface area contributed by atoms with Crippen molar-refractivity contribution < 1.29 is 9.31 Å². The Morgan fingerprint density at radius 1 is 1.53 bits per heavy atom.